The summed E-state index contributed by atoms with van der Waals surface area (Å²) in [5.74, 6) is 4.75. The number of esters is 1. The van der Waals surface area contributed by atoms with Crippen LogP contribution in [0.5, 0.6) is 0 Å². The van der Waals surface area contributed by atoms with Crippen LogP contribution in [0, 0.1) is 35.5 Å². The van der Waals surface area contributed by atoms with Gasteiger partial charge in [0, 0.05) is 6.42 Å². The van der Waals surface area contributed by atoms with Crippen molar-refractivity contribution in [2.75, 3.05) is 6.61 Å². The Labute approximate surface area is 118 Å². The molecule has 0 aromatic carbocycles. The molecule has 2 nitrogen and oxygen atoms in total. The molecule has 2 aliphatic carbocycles. The van der Waals surface area contributed by atoms with Gasteiger partial charge in [0.25, 0.3) is 0 Å². The van der Waals surface area contributed by atoms with E-state index in [1.54, 1.807) is 0 Å². The van der Waals surface area contributed by atoms with Crippen molar-refractivity contribution in [1.82, 2.24) is 0 Å². The molecular weight excluding hydrogens is 236 g/mol. The lowest BCUT2D eigenvalue weighted by atomic mass is 9.69. The molecule has 0 spiro atoms. The van der Waals surface area contributed by atoms with Crippen molar-refractivity contribution in [2.24, 2.45) is 35.5 Å². The number of hydrogen-bond donors (Lipinski definition) is 0. The average Bonchev–Trinajstić information content (AvgIpc) is 2.88. The van der Waals surface area contributed by atoms with Crippen LogP contribution < -0.4 is 0 Å². The highest BCUT2D eigenvalue weighted by atomic mass is 16.5. The molecule has 19 heavy (non-hydrogen) atoms. The summed E-state index contributed by atoms with van der Waals surface area (Å²) in [6.07, 6.45) is 6.23. The standard InChI is InChI=1S/C17H30O2/c1-5-19-16(18)9-12(4)17-14-7-6-13(10-14)15(17)8-11(2)3/h11-15,17H,5-10H2,1-4H3. The molecule has 2 aliphatic rings. The fourth-order valence-corrected chi connectivity index (χ4v) is 4.85. The lowest BCUT2D eigenvalue weighted by Crippen LogP contribution is -2.30. The lowest BCUT2D eigenvalue weighted by molar-refractivity contribution is -0.144. The molecule has 0 N–H and O–H groups in total. The third kappa shape index (κ3) is 3.32. The minimum absolute atomic E-state index is 0.000991. The maximum Gasteiger partial charge on any atom is 0.306 e. The summed E-state index contributed by atoms with van der Waals surface area (Å²) < 4.78 is 5.13. The van der Waals surface area contributed by atoms with E-state index in [4.69, 9.17) is 4.74 Å². The Balaban J connectivity index is 1.97. The molecule has 0 aliphatic heterocycles. The molecule has 2 rings (SSSR count). The predicted octanol–water partition coefficient (Wildman–Crippen LogP) is 4.28. The van der Waals surface area contributed by atoms with Crippen molar-refractivity contribution in [1.29, 1.82) is 0 Å². The van der Waals surface area contributed by atoms with Gasteiger partial charge in [0.05, 0.1) is 6.61 Å². The van der Waals surface area contributed by atoms with Gasteiger partial charge < -0.3 is 4.74 Å². The van der Waals surface area contributed by atoms with Crippen molar-refractivity contribution in [2.45, 2.75) is 59.8 Å². The zero-order valence-electron chi connectivity index (χ0n) is 13.0. The molecule has 0 heterocycles. The molecule has 0 amide bonds. The average molecular weight is 266 g/mol. The van der Waals surface area contributed by atoms with Crippen molar-refractivity contribution in [3.8, 4) is 0 Å². The first-order valence-corrected chi connectivity index (χ1v) is 8.18. The molecule has 2 saturated carbocycles. The van der Waals surface area contributed by atoms with E-state index >= 15 is 0 Å². The second kappa shape index (κ2) is 6.28. The molecule has 2 heteroatoms. The van der Waals surface area contributed by atoms with Gasteiger partial charge >= 0.3 is 5.97 Å². The van der Waals surface area contributed by atoms with E-state index in [0.29, 0.717) is 18.9 Å². The Kier molecular flexibility index (Phi) is 4.92. The summed E-state index contributed by atoms with van der Waals surface area (Å²) in [5.41, 5.74) is 0. The summed E-state index contributed by atoms with van der Waals surface area (Å²) in [4.78, 5) is 11.7. The monoisotopic (exact) mass is 266 g/mol. The van der Waals surface area contributed by atoms with Gasteiger partial charge in [0.2, 0.25) is 0 Å². The smallest absolute Gasteiger partial charge is 0.306 e. The second-order valence-corrected chi connectivity index (χ2v) is 7.19. The predicted molar refractivity (Wildman–Crippen MR) is 77.7 cm³/mol. The fraction of sp³-hybridized carbons (Fsp3) is 0.941. The number of hydrogen-bond acceptors (Lipinski definition) is 2. The normalized spacial score (nSPS) is 34.8. The van der Waals surface area contributed by atoms with Crippen LogP contribution in [0.4, 0.5) is 0 Å². The number of carbonyl (C=O) groups excluding carboxylic acids is 1. The van der Waals surface area contributed by atoms with Gasteiger partial charge in [-0.1, -0.05) is 20.8 Å². The first-order chi connectivity index (χ1) is 9.02. The Morgan fingerprint density at radius 3 is 2.53 bits per heavy atom. The second-order valence-electron chi connectivity index (χ2n) is 7.19. The van der Waals surface area contributed by atoms with Crippen LogP contribution in [0.25, 0.3) is 0 Å². The number of carbonyl (C=O) groups is 1. The third-order valence-electron chi connectivity index (χ3n) is 5.35. The van der Waals surface area contributed by atoms with Crippen molar-refractivity contribution < 1.29 is 9.53 Å². The van der Waals surface area contributed by atoms with E-state index < -0.39 is 0 Å². The van der Waals surface area contributed by atoms with Gasteiger partial charge in [-0.25, -0.2) is 0 Å². The summed E-state index contributed by atoms with van der Waals surface area (Å²) in [6.45, 7) is 9.34. The Hall–Kier alpha value is -0.530. The summed E-state index contributed by atoms with van der Waals surface area (Å²) >= 11 is 0. The van der Waals surface area contributed by atoms with Crippen LogP contribution in [0.15, 0.2) is 0 Å². The zero-order chi connectivity index (χ0) is 14.0. The van der Waals surface area contributed by atoms with Crippen LogP contribution in [0.3, 0.4) is 0 Å². The Morgan fingerprint density at radius 2 is 1.89 bits per heavy atom. The first-order valence-electron chi connectivity index (χ1n) is 8.18. The van der Waals surface area contributed by atoms with Gasteiger partial charge in [0.15, 0.2) is 0 Å². The molecule has 0 radical (unpaired) electrons. The number of fused-ring (bicyclic) bond motifs is 2. The lowest BCUT2D eigenvalue weighted by Gasteiger charge is -2.36. The molecule has 0 aromatic rings. The molecule has 0 saturated heterocycles. The molecule has 5 atom stereocenters. The topological polar surface area (TPSA) is 26.3 Å². The summed E-state index contributed by atoms with van der Waals surface area (Å²) in [6, 6.07) is 0. The van der Waals surface area contributed by atoms with E-state index in [9.17, 15) is 4.79 Å². The van der Waals surface area contributed by atoms with E-state index in [1.165, 1.54) is 25.7 Å². The molecular formula is C17H30O2. The Bertz CT molecular complexity index is 310. The highest BCUT2D eigenvalue weighted by Gasteiger charge is 2.49. The van der Waals surface area contributed by atoms with Crippen molar-refractivity contribution in [3.05, 3.63) is 0 Å². The minimum atomic E-state index is 0.000991. The summed E-state index contributed by atoms with van der Waals surface area (Å²) in [5, 5.41) is 0. The van der Waals surface area contributed by atoms with Gasteiger partial charge in [-0.3, -0.25) is 4.79 Å². The Morgan fingerprint density at radius 1 is 1.21 bits per heavy atom. The fourth-order valence-electron chi connectivity index (χ4n) is 4.85. The number of ether oxygens (including phenoxy) is 1. The molecule has 2 fully saturated rings. The maximum absolute atomic E-state index is 11.7. The minimum Gasteiger partial charge on any atom is -0.466 e. The van der Waals surface area contributed by atoms with Crippen molar-refractivity contribution >= 4 is 5.97 Å². The van der Waals surface area contributed by atoms with E-state index in [-0.39, 0.29) is 5.97 Å². The van der Waals surface area contributed by atoms with Gasteiger partial charge in [-0.05, 0) is 68.1 Å². The summed E-state index contributed by atoms with van der Waals surface area (Å²) in [7, 11) is 0. The highest BCUT2D eigenvalue weighted by Crippen LogP contribution is 2.57. The SMILES string of the molecule is CCOC(=O)CC(C)C1C2CCC(C2)C1CC(C)C. The zero-order valence-corrected chi connectivity index (χ0v) is 13.0. The molecule has 5 unspecified atom stereocenters. The molecule has 2 bridgehead atoms. The van der Waals surface area contributed by atoms with E-state index in [0.717, 1.165) is 29.6 Å². The highest BCUT2D eigenvalue weighted by molar-refractivity contribution is 5.69. The van der Waals surface area contributed by atoms with Gasteiger partial charge in [-0.15, -0.1) is 0 Å². The van der Waals surface area contributed by atoms with Crippen LogP contribution >= 0.6 is 0 Å². The van der Waals surface area contributed by atoms with Crippen LogP contribution in [0.2, 0.25) is 0 Å². The molecule has 110 valence electrons. The van der Waals surface area contributed by atoms with Crippen LogP contribution in [0.1, 0.15) is 59.8 Å². The first kappa shape index (κ1) is 14.9. The van der Waals surface area contributed by atoms with Gasteiger partial charge in [0.1, 0.15) is 0 Å². The molecule has 0 aromatic heterocycles. The largest absolute Gasteiger partial charge is 0.466 e. The van der Waals surface area contributed by atoms with Crippen LogP contribution in [-0.2, 0) is 9.53 Å². The van der Waals surface area contributed by atoms with E-state index in [1.807, 2.05) is 6.92 Å². The number of rotatable bonds is 6. The maximum atomic E-state index is 11.7. The third-order valence-corrected chi connectivity index (χ3v) is 5.35. The van der Waals surface area contributed by atoms with Crippen molar-refractivity contribution in [3.63, 3.8) is 0 Å². The quantitative estimate of drug-likeness (QED) is 0.671. The van der Waals surface area contributed by atoms with Gasteiger partial charge in [-0.2, -0.15) is 0 Å². The van der Waals surface area contributed by atoms with Crippen LogP contribution in [-0.4, -0.2) is 12.6 Å². The van der Waals surface area contributed by atoms with E-state index in [2.05, 4.69) is 20.8 Å².